The van der Waals surface area contributed by atoms with Gasteiger partial charge in [-0.25, -0.2) is 8.42 Å². The minimum absolute atomic E-state index is 0.0337. The molecule has 0 fully saturated rings. The van der Waals surface area contributed by atoms with Gasteiger partial charge in [0.1, 0.15) is 13.2 Å². The summed E-state index contributed by atoms with van der Waals surface area (Å²) in [6.45, 7) is 1.91. The van der Waals surface area contributed by atoms with Crippen LogP contribution in [0.1, 0.15) is 0 Å². The Balaban J connectivity index is 1.77. The van der Waals surface area contributed by atoms with E-state index in [2.05, 4.69) is 10.3 Å². The van der Waals surface area contributed by atoms with E-state index in [9.17, 15) is 8.42 Å². The number of sulfone groups is 1. The molecule has 4 rings (SSSR count). The number of nitrogens with one attached hydrogen (secondary N) is 1. The third-order valence-electron chi connectivity index (χ3n) is 4.62. The van der Waals surface area contributed by atoms with E-state index < -0.39 is 9.84 Å². The Kier molecular flexibility index (Phi) is 6.08. The monoisotopic (exact) mass is 463 g/mol. The number of ether oxygens (including phenoxy) is 2. The Labute approximate surface area is 185 Å². The van der Waals surface area contributed by atoms with Gasteiger partial charge in [-0.05, 0) is 38.4 Å². The van der Waals surface area contributed by atoms with Gasteiger partial charge in [-0.15, -0.1) is 0 Å². The zero-order valence-corrected chi connectivity index (χ0v) is 18.7. The van der Waals surface area contributed by atoms with Crippen molar-refractivity contribution < 1.29 is 22.3 Å². The van der Waals surface area contributed by atoms with Crippen LogP contribution in [0.15, 0.2) is 56.8 Å². The lowest BCUT2D eigenvalue weighted by atomic mass is 10.2. The van der Waals surface area contributed by atoms with E-state index in [-0.39, 0.29) is 21.7 Å². The molecule has 0 radical (unpaired) electrons. The number of hydrogen-bond donors (Lipinski definition) is 1. The molecule has 0 atom stereocenters. The van der Waals surface area contributed by atoms with Crippen LogP contribution in [0.4, 0.5) is 5.88 Å². The fraction of sp³-hybridized carbons (Fsp3) is 0.286. The van der Waals surface area contributed by atoms with Gasteiger partial charge in [0.15, 0.2) is 11.5 Å². The molecule has 0 saturated heterocycles. The third kappa shape index (κ3) is 4.48. The summed E-state index contributed by atoms with van der Waals surface area (Å²) in [5, 5.41) is 3.24. The van der Waals surface area contributed by atoms with E-state index >= 15 is 0 Å². The van der Waals surface area contributed by atoms with Gasteiger partial charge in [0.2, 0.25) is 26.6 Å². The molecule has 0 aliphatic carbocycles. The molecule has 0 spiro atoms. The van der Waals surface area contributed by atoms with Crippen molar-refractivity contribution in [2.45, 2.75) is 9.92 Å². The summed E-state index contributed by atoms with van der Waals surface area (Å²) in [6.07, 6.45) is 0. The van der Waals surface area contributed by atoms with Crippen molar-refractivity contribution >= 4 is 27.3 Å². The predicted molar refractivity (Wildman–Crippen MR) is 117 cm³/mol. The molecule has 8 nitrogen and oxygen atoms in total. The quantitative estimate of drug-likeness (QED) is 0.568. The fourth-order valence-corrected chi connectivity index (χ4v) is 4.56. The van der Waals surface area contributed by atoms with E-state index in [1.807, 2.05) is 19.0 Å². The summed E-state index contributed by atoms with van der Waals surface area (Å²) >= 11 is 6.27. The number of rotatable bonds is 7. The minimum Gasteiger partial charge on any atom is -0.486 e. The molecule has 0 bridgehead atoms. The van der Waals surface area contributed by atoms with Crippen LogP contribution in [0.25, 0.3) is 11.5 Å². The summed E-state index contributed by atoms with van der Waals surface area (Å²) in [5.41, 5.74) is 0.503. The van der Waals surface area contributed by atoms with Crippen molar-refractivity contribution in [2.75, 3.05) is 45.7 Å². The van der Waals surface area contributed by atoms with Crippen LogP contribution in [-0.2, 0) is 9.84 Å². The van der Waals surface area contributed by atoms with Crippen LogP contribution >= 0.6 is 11.6 Å². The second-order valence-corrected chi connectivity index (χ2v) is 9.44. The van der Waals surface area contributed by atoms with Gasteiger partial charge in [-0.2, -0.15) is 4.98 Å². The number of likely N-dealkylation sites (N-methyl/N-ethyl adjacent to an activating group) is 1. The molecule has 10 heteroatoms. The molecular formula is C21H22ClN3O5S. The van der Waals surface area contributed by atoms with Gasteiger partial charge >= 0.3 is 0 Å². The van der Waals surface area contributed by atoms with Gasteiger partial charge in [0, 0.05) is 19.2 Å². The standard InChI is InChI=1S/C21H22ClN3O5S/c1-25(2)10-9-23-20-21(24-19(30-20)15-5-3-4-6-16(15)22)31(26,27)14-7-8-17-18(13-14)29-12-11-28-17/h3-8,13,23H,9-12H2,1-2H3. The van der Waals surface area contributed by atoms with Crippen LogP contribution in [0.3, 0.4) is 0 Å². The number of benzene rings is 2. The smallest absolute Gasteiger partial charge is 0.233 e. The normalized spacial score (nSPS) is 13.4. The summed E-state index contributed by atoms with van der Waals surface area (Å²) < 4.78 is 43.8. The third-order valence-corrected chi connectivity index (χ3v) is 6.61. The number of halogens is 1. The van der Waals surface area contributed by atoms with Crippen molar-refractivity contribution in [1.82, 2.24) is 9.88 Å². The fourth-order valence-electron chi connectivity index (χ4n) is 3.05. The molecule has 2 aromatic carbocycles. The molecule has 0 saturated carbocycles. The predicted octanol–water partition coefficient (Wildman–Crippen LogP) is 3.57. The second-order valence-electron chi connectivity index (χ2n) is 7.17. The second kappa shape index (κ2) is 8.78. The van der Waals surface area contributed by atoms with E-state index in [4.69, 9.17) is 25.5 Å². The minimum atomic E-state index is -4.01. The molecule has 31 heavy (non-hydrogen) atoms. The number of oxazole rings is 1. The number of anilines is 1. The Morgan fingerprint density at radius 1 is 1.10 bits per heavy atom. The van der Waals surface area contributed by atoms with Crippen LogP contribution in [0.5, 0.6) is 11.5 Å². The van der Waals surface area contributed by atoms with Gasteiger partial charge in [-0.1, -0.05) is 23.7 Å². The van der Waals surface area contributed by atoms with Crippen LogP contribution in [0.2, 0.25) is 5.02 Å². The van der Waals surface area contributed by atoms with Crippen molar-refractivity contribution in [3.63, 3.8) is 0 Å². The maximum Gasteiger partial charge on any atom is 0.233 e. The Bertz CT molecular complexity index is 1190. The molecule has 0 unspecified atom stereocenters. The average Bonchev–Trinajstić information content (AvgIpc) is 3.18. The van der Waals surface area contributed by atoms with Crippen LogP contribution in [0, 0.1) is 0 Å². The lowest BCUT2D eigenvalue weighted by Gasteiger charge is -2.18. The topological polar surface area (TPSA) is 93.9 Å². The first-order valence-corrected chi connectivity index (χ1v) is 11.5. The first-order chi connectivity index (χ1) is 14.9. The molecule has 2 heterocycles. The molecule has 0 amide bonds. The summed E-state index contributed by atoms with van der Waals surface area (Å²) in [7, 11) is -0.172. The van der Waals surface area contributed by atoms with Gasteiger partial charge in [-0.3, -0.25) is 0 Å². The molecule has 164 valence electrons. The van der Waals surface area contributed by atoms with Crippen LogP contribution in [-0.4, -0.2) is 58.7 Å². The van der Waals surface area contributed by atoms with Crippen molar-refractivity contribution in [3.8, 4) is 23.0 Å². The van der Waals surface area contributed by atoms with Gasteiger partial charge in [0.05, 0.1) is 15.5 Å². The summed E-state index contributed by atoms with van der Waals surface area (Å²) in [4.78, 5) is 6.31. The van der Waals surface area contributed by atoms with E-state index in [1.54, 1.807) is 30.3 Å². The zero-order valence-electron chi connectivity index (χ0n) is 17.1. The Morgan fingerprint density at radius 2 is 1.84 bits per heavy atom. The van der Waals surface area contributed by atoms with Gasteiger partial charge < -0.3 is 24.1 Å². The lowest BCUT2D eigenvalue weighted by molar-refractivity contribution is 0.171. The zero-order chi connectivity index (χ0) is 22.0. The highest BCUT2D eigenvalue weighted by Crippen LogP contribution is 2.38. The first kappa shape index (κ1) is 21.5. The van der Waals surface area contributed by atoms with Crippen LogP contribution < -0.4 is 14.8 Å². The highest BCUT2D eigenvalue weighted by atomic mass is 35.5. The lowest BCUT2D eigenvalue weighted by Crippen LogP contribution is -2.21. The number of fused-ring (bicyclic) bond motifs is 1. The molecular weight excluding hydrogens is 442 g/mol. The van der Waals surface area contributed by atoms with Crippen molar-refractivity contribution in [3.05, 3.63) is 47.5 Å². The van der Waals surface area contributed by atoms with Crippen molar-refractivity contribution in [1.29, 1.82) is 0 Å². The summed E-state index contributed by atoms with van der Waals surface area (Å²) in [6, 6.07) is 11.5. The molecule has 1 aromatic heterocycles. The Hall–Kier alpha value is -2.75. The van der Waals surface area contributed by atoms with Crippen molar-refractivity contribution in [2.24, 2.45) is 0 Å². The van der Waals surface area contributed by atoms with E-state index in [0.717, 1.165) is 0 Å². The molecule has 1 aliphatic heterocycles. The number of aromatic nitrogens is 1. The first-order valence-electron chi connectivity index (χ1n) is 9.65. The van der Waals surface area contributed by atoms with Gasteiger partial charge in [0.25, 0.3) is 0 Å². The average molecular weight is 464 g/mol. The van der Waals surface area contributed by atoms with E-state index in [0.29, 0.717) is 48.4 Å². The highest BCUT2D eigenvalue weighted by molar-refractivity contribution is 7.91. The Morgan fingerprint density at radius 3 is 2.58 bits per heavy atom. The number of hydrogen-bond acceptors (Lipinski definition) is 8. The maximum atomic E-state index is 13.5. The number of nitrogens with zero attached hydrogens (tertiary/aromatic N) is 2. The molecule has 1 N–H and O–H groups in total. The SMILES string of the molecule is CN(C)CCNc1oc(-c2ccccc2Cl)nc1S(=O)(=O)c1ccc2c(c1)OCCO2. The molecule has 3 aromatic rings. The van der Waals surface area contributed by atoms with E-state index in [1.165, 1.54) is 12.1 Å². The highest BCUT2D eigenvalue weighted by Gasteiger charge is 2.30. The largest absolute Gasteiger partial charge is 0.486 e. The molecule has 1 aliphatic rings. The maximum absolute atomic E-state index is 13.5. The summed E-state index contributed by atoms with van der Waals surface area (Å²) in [5.74, 6) is 1.07.